The van der Waals surface area contributed by atoms with Gasteiger partial charge >= 0.3 is 0 Å². The van der Waals surface area contributed by atoms with Crippen molar-refractivity contribution >= 4 is 39.6 Å². The Labute approximate surface area is 173 Å². The van der Waals surface area contributed by atoms with Crippen molar-refractivity contribution in [2.24, 2.45) is 4.99 Å². The SMILES string of the molecule is CCS(=O)(=O)C(C)Nc1ccc(Cc2ccc(NC3=NCCN3)cc2)cc1.Cl. The summed E-state index contributed by atoms with van der Waals surface area (Å²) in [5.41, 5.74) is 4.21. The van der Waals surface area contributed by atoms with E-state index in [-0.39, 0.29) is 18.2 Å². The zero-order chi connectivity index (χ0) is 19.3. The number of halogens is 1. The fraction of sp³-hybridized carbons (Fsp3) is 0.350. The van der Waals surface area contributed by atoms with Gasteiger partial charge in [-0.1, -0.05) is 31.2 Å². The molecule has 2 aromatic rings. The lowest BCUT2D eigenvalue weighted by molar-refractivity contribution is 0.589. The summed E-state index contributed by atoms with van der Waals surface area (Å²) in [5, 5.41) is 8.90. The lowest BCUT2D eigenvalue weighted by atomic mass is 10.0. The van der Waals surface area contributed by atoms with Gasteiger partial charge in [0, 0.05) is 23.7 Å². The second kappa shape index (κ2) is 9.80. The molecule has 0 bridgehead atoms. The van der Waals surface area contributed by atoms with E-state index in [1.807, 2.05) is 36.4 Å². The minimum Gasteiger partial charge on any atom is -0.369 e. The highest BCUT2D eigenvalue weighted by atomic mass is 35.5. The molecule has 0 saturated heterocycles. The van der Waals surface area contributed by atoms with Crippen LogP contribution < -0.4 is 16.0 Å². The van der Waals surface area contributed by atoms with Crippen LogP contribution in [-0.4, -0.2) is 38.6 Å². The van der Waals surface area contributed by atoms with Crippen LogP contribution in [0, 0.1) is 0 Å². The van der Waals surface area contributed by atoms with E-state index < -0.39 is 15.2 Å². The van der Waals surface area contributed by atoms with Gasteiger partial charge in [0.15, 0.2) is 15.8 Å². The molecule has 6 nitrogen and oxygen atoms in total. The van der Waals surface area contributed by atoms with Crippen molar-refractivity contribution in [1.82, 2.24) is 5.32 Å². The van der Waals surface area contributed by atoms with Gasteiger partial charge in [0.25, 0.3) is 0 Å². The van der Waals surface area contributed by atoms with E-state index in [0.29, 0.717) is 0 Å². The largest absolute Gasteiger partial charge is 0.369 e. The first kappa shape index (κ1) is 22.0. The van der Waals surface area contributed by atoms with Crippen LogP contribution in [0.4, 0.5) is 11.4 Å². The maximum Gasteiger partial charge on any atom is 0.195 e. The number of nitrogens with one attached hydrogen (secondary N) is 3. The molecule has 3 rings (SSSR count). The Bertz CT molecular complexity index is 897. The van der Waals surface area contributed by atoms with Crippen molar-refractivity contribution < 1.29 is 8.42 Å². The second-order valence-corrected chi connectivity index (χ2v) is 9.20. The van der Waals surface area contributed by atoms with Crippen molar-refractivity contribution in [3.8, 4) is 0 Å². The average Bonchev–Trinajstić information content (AvgIpc) is 3.18. The quantitative estimate of drug-likeness (QED) is 0.637. The Morgan fingerprint density at radius 1 is 1.04 bits per heavy atom. The van der Waals surface area contributed by atoms with E-state index >= 15 is 0 Å². The van der Waals surface area contributed by atoms with Crippen molar-refractivity contribution in [3.63, 3.8) is 0 Å². The minimum atomic E-state index is -3.10. The Morgan fingerprint density at radius 3 is 2.11 bits per heavy atom. The maximum absolute atomic E-state index is 11.9. The molecule has 3 N–H and O–H groups in total. The molecule has 28 heavy (non-hydrogen) atoms. The predicted molar refractivity (Wildman–Crippen MR) is 119 cm³/mol. The number of hydrogen-bond acceptors (Lipinski definition) is 6. The number of rotatable bonds is 7. The Morgan fingerprint density at radius 2 is 1.61 bits per heavy atom. The van der Waals surface area contributed by atoms with E-state index in [2.05, 4.69) is 33.1 Å². The van der Waals surface area contributed by atoms with Gasteiger partial charge in [-0.3, -0.25) is 4.99 Å². The summed E-state index contributed by atoms with van der Waals surface area (Å²) >= 11 is 0. The molecule has 0 saturated carbocycles. The number of nitrogens with zero attached hydrogens (tertiary/aromatic N) is 1. The molecule has 1 heterocycles. The summed E-state index contributed by atoms with van der Waals surface area (Å²) in [7, 11) is -3.10. The molecule has 2 aromatic carbocycles. The minimum absolute atomic E-state index is 0. The van der Waals surface area contributed by atoms with Gasteiger partial charge in [0.2, 0.25) is 0 Å². The number of aliphatic imine (C=N–C) groups is 1. The maximum atomic E-state index is 11.9. The third-order valence-electron chi connectivity index (χ3n) is 4.56. The van der Waals surface area contributed by atoms with Crippen LogP contribution in [-0.2, 0) is 16.3 Å². The average molecular weight is 423 g/mol. The molecule has 0 aromatic heterocycles. The van der Waals surface area contributed by atoms with Crippen LogP contribution >= 0.6 is 12.4 Å². The first-order chi connectivity index (χ1) is 13.0. The molecule has 0 aliphatic carbocycles. The first-order valence-electron chi connectivity index (χ1n) is 9.17. The van der Waals surface area contributed by atoms with E-state index in [0.717, 1.165) is 36.8 Å². The van der Waals surface area contributed by atoms with Gasteiger partial charge in [0.05, 0.1) is 6.54 Å². The van der Waals surface area contributed by atoms with Crippen molar-refractivity contribution in [2.45, 2.75) is 25.6 Å². The number of benzene rings is 2. The summed E-state index contributed by atoms with van der Waals surface area (Å²) in [4.78, 5) is 4.32. The van der Waals surface area contributed by atoms with E-state index in [4.69, 9.17) is 0 Å². The van der Waals surface area contributed by atoms with Crippen LogP contribution in [0.3, 0.4) is 0 Å². The first-order valence-corrected chi connectivity index (χ1v) is 10.9. The molecule has 0 amide bonds. The third kappa shape index (κ3) is 5.87. The summed E-state index contributed by atoms with van der Waals surface area (Å²) in [6.07, 6.45) is 0.822. The second-order valence-electron chi connectivity index (χ2n) is 6.59. The molecule has 8 heteroatoms. The van der Waals surface area contributed by atoms with Gasteiger partial charge < -0.3 is 16.0 Å². The van der Waals surface area contributed by atoms with Crippen LogP contribution in [0.1, 0.15) is 25.0 Å². The fourth-order valence-corrected chi connectivity index (χ4v) is 3.67. The Balaban J connectivity index is 0.00000280. The van der Waals surface area contributed by atoms with E-state index in [1.54, 1.807) is 13.8 Å². The molecule has 1 aliphatic heterocycles. The van der Waals surface area contributed by atoms with Gasteiger partial charge in [-0.2, -0.15) is 0 Å². The number of sulfone groups is 1. The molecule has 152 valence electrons. The molecular formula is C20H27ClN4O2S. The van der Waals surface area contributed by atoms with Crippen molar-refractivity contribution in [3.05, 3.63) is 59.7 Å². The summed E-state index contributed by atoms with van der Waals surface area (Å²) in [6, 6.07) is 16.2. The van der Waals surface area contributed by atoms with Gasteiger partial charge in [0.1, 0.15) is 5.37 Å². The predicted octanol–water partition coefficient (Wildman–Crippen LogP) is 3.26. The van der Waals surface area contributed by atoms with Crippen LogP contribution in [0.5, 0.6) is 0 Å². The number of hydrogen-bond donors (Lipinski definition) is 3. The summed E-state index contributed by atoms with van der Waals surface area (Å²) < 4.78 is 23.7. The van der Waals surface area contributed by atoms with Crippen molar-refractivity contribution in [1.29, 1.82) is 0 Å². The highest BCUT2D eigenvalue weighted by Crippen LogP contribution is 2.17. The molecule has 1 atom stereocenters. The smallest absolute Gasteiger partial charge is 0.195 e. The van der Waals surface area contributed by atoms with Crippen molar-refractivity contribution in [2.75, 3.05) is 29.5 Å². The van der Waals surface area contributed by atoms with Gasteiger partial charge in [-0.05, 0) is 48.7 Å². The lowest BCUT2D eigenvalue weighted by Crippen LogP contribution is -2.27. The lowest BCUT2D eigenvalue weighted by Gasteiger charge is -2.15. The standard InChI is InChI=1S/C20H26N4O2S.ClH/c1-3-27(25,26)15(2)23-18-8-4-16(5-9-18)14-17-6-10-19(11-7-17)24-20-21-12-13-22-20;/h4-11,15,23H,3,12-14H2,1-2H3,(H2,21,22,24);1H. The number of anilines is 2. The van der Waals surface area contributed by atoms with Gasteiger partial charge in [-0.25, -0.2) is 8.42 Å². The van der Waals surface area contributed by atoms with Crippen LogP contribution in [0.2, 0.25) is 0 Å². The zero-order valence-corrected chi connectivity index (χ0v) is 17.7. The molecule has 1 unspecified atom stereocenters. The molecular weight excluding hydrogens is 396 g/mol. The highest BCUT2D eigenvalue weighted by molar-refractivity contribution is 7.92. The molecule has 0 spiro atoms. The zero-order valence-electron chi connectivity index (χ0n) is 16.1. The highest BCUT2D eigenvalue weighted by Gasteiger charge is 2.17. The monoisotopic (exact) mass is 422 g/mol. The molecule has 0 radical (unpaired) electrons. The van der Waals surface area contributed by atoms with E-state index in [1.165, 1.54) is 11.1 Å². The molecule has 1 aliphatic rings. The summed E-state index contributed by atoms with van der Waals surface area (Å²) in [5.74, 6) is 0.957. The number of guanidine groups is 1. The fourth-order valence-electron chi connectivity index (χ4n) is 2.85. The Kier molecular flexibility index (Phi) is 7.71. The summed E-state index contributed by atoms with van der Waals surface area (Å²) in [6.45, 7) is 5.03. The Hall–Kier alpha value is -2.25. The van der Waals surface area contributed by atoms with Gasteiger partial charge in [-0.15, -0.1) is 12.4 Å². The normalized spacial score (nSPS) is 14.4. The van der Waals surface area contributed by atoms with E-state index in [9.17, 15) is 8.42 Å². The topological polar surface area (TPSA) is 82.6 Å². The van der Waals surface area contributed by atoms with Crippen LogP contribution in [0.15, 0.2) is 53.5 Å². The third-order valence-corrected chi connectivity index (χ3v) is 6.56. The van der Waals surface area contributed by atoms with Crippen LogP contribution in [0.25, 0.3) is 0 Å². The molecule has 0 fully saturated rings.